The van der Waals surface area contributed by atoms with E-state index in [0.29, 0.717) is 22.3 Å². The van der Waals surface area contributed by atoms with Crippen LogP contribution in [0.3, 0.4) is 0 Å². The van der Waals surface area contributed by atoms with E-state index in [1.54, 1.807) is 30.3 Å². The van der Waals surface area contributed by atoms with Crippen LogP contribution in [0.25, 0.3) is 0 Å². The Balaban J connectivity index is 2.08. The third-order valence-corrected chi connectivity index (χ3v) is 3.99. The highest BCUT2D eigenvalue weighted by molar-refractivity contribution is 6.31. The van der Waals surface area contributed by atoms with Crippen LogP contribution in [0, 0.1) is 0 Å². The summed E-state index contributed by atoms with van der Waals surface area (Å²) in [6.07, 6.45) is 2.34. The van der Waals surface area contributed by atoms with Crippen LogP contribution in [-0.4, -0.2) is 18.5 Å². The number of hydrogen-bond donors (Lipinski definition) is 2. The molecule has 0 fully saturated rings. The van der Waals surface area contributed by atoms with Crippen LogP contribution in [0.4, 0.5) is 10.5 Å². The average molecular weight is 395 g/mol. The van der Waals surface area contributed by atoms with Gasteiger partial charge in [-0.2, -0.15) is 0 Å². The Morgan fingerprint density at radius 1 is 1.04 bits per heavy atom. The van der Waals surface area contributed by atoms with Gasteiger partial charge in [-0.1, -0.05) is 49.0 Å². The van der Waals surface area contributed by atoms with E-state index < -0.39 is 12.0 Å². The molecule has 26 heavy (non-hydrogen) atoms. The predicted molar refractivity (Wildman–Crippen MR) is 104 cm³/mol. The van der Waals surface area contributed by atoms with Gasteiger partial charge < -0.3 is 15.4 Å². The third kappa shape index (κ3) is 6.24. The monoisotopic (exact) mass is 394 g/mol. The van der Waals surface area contributed by atoms with E-state index in [2.05, 4.69) is 17.6 Å². The first-order chi connectivity index (χ1) is 12.5. The molecule has 0 saturated heterocycles. The topological polar surface area (TPSA) is 67.4 Å². The van der Waals surface area contributed by atoms with Crippen molar-refractivity contribution in [2.45, 2.75) is 26.2 Å². The molecule has 2 aromatic carbocycles. The lowest BCUT2D eigenvalue weighted by molar-refractivity contribution is 0.102. The van der Waals surface area contributed by atoms with Crippen molar-refractivity contribution in [1.82, 2.24) is 5.32 Å². The quantitative estimate of drug-likeness (QED) is 0.607. The van der Waals surface area contributed by atoms with Crippen LogP contribution < -0.4 is 15.4 Å². The molecule has 0 spiro atoms. The second-order valence-electron chi connectivity index (χ2n) is 5.63. The summed E-state index contributed by atoms with van der Waals surface area (Å²) < 4.78 is 5.27. The maximum absolute atomic E-state index is 12.6. The Hall–Kier alpha value is -2.24. The van der Waals surface area contributed by atoms with Gasteiger partial charge in [0, 0.05) is 22.3 Å². The molecule has 0 bridgehead atoms. The molecule has 0 atom stereocenters. The fourth-order valence-corrected chi connectivity index (χ4v) is 2.60. The third-order valence-electron chi connectivity index (χ3n) is 3.52. The maximum atomic E-state index is 12.6. The first-order valence-corrected chi connectivity index (χ1v) is 9.07. The summed E-state index contributed by atoms with van der Waals surface area (Å²) in [6, 6.07) is 11.2. The fraction of sp³-hybridized carbons (Fsp3) is 0.263. The molecule has 2 aromatic rings. The largest absolute Gasteiger partial charge is 0.412 e. The molecular weight excluding hydrogens is 375 g/mol. The maximum Gasteiger partial charge on any atom is 0.412 e. The lowest BCUT2D eigenvalue weighted by Gasteiger charge is -2.12. The number of carbonyl (C=O) groups excluding carboxylic acids is 2. The predicted octanol–water partition coefficient (Wildman–Crippen LogP) is 5.52. The number of hydrogen-bond acceptors (Lipinski definition) is 3. The van der Waals surface area contributed by atoms with Gasteiger partial charge in [-0.05, 0) is 42.8 Å². The van der Waals surface area contributed by atoms with Crippen molar-refractivity contribution in [1.29, 1.82) is 0 Å². The van der Waals surface area contributed by atoms with E-state index in [1.165, 1.54) is 12.1 Å². The van der Waals surface area contributed by atoms with E-state index in [-0.39, 0.29) is 11.3 Å². The molecule has 0 aliphatic rings. The number of benzene rings is 2. The Morgan fingerprint density at radius 2 is 1.81 bits per heavy atom. The molecule has 138 valence electrons. The standard InChI is InChI=1S/C19H20Cl2N2O3/c1-2-3-4-10-22-19(25)26-17-9-8-14(21)12-16(17)18(24)23-15-7-5-6-13(20)11-15/h5-9,11-12H,2-4,10H2,1H3,(H,22,25)(H,23,24). The fourth-order valence-electron chi connectivity index (χ4n) is 2.23. The molecule has 2 N–H and O–H groups in total. The van der Waals surface area contributed by atoms with Gasteiger partial charge in [0.25, 0.3) is 5.91 Å². The zero-order chi connectivity index (χ0) is 18.9. The van der Waals surface area contributed by atoms with Crippen LogP contribution in [0.5, 0.6) is 5.75 Å². The van der Waals surface area contributed by atoms with Crippen molar-refractivity contribution in [2.75, 3.05) is 11.9 Å². The van der Waals surface area contributed by atoms with Crippen molar-refractivity contribution in [3.63, 3.8) is 0 Å². The lowest BCUT2D eigenvalue weighted by Crippen LogP contribution is -2.28. The van der Waals surface area contributed by atoms with Crippen LogP contribution in [0.2, 0.25) is 10.0 Å². The molecule has 0 saturated carbocycles. The number of amides is 2. The Labute approximate surface area is 162 Å². The molecule has 7 heteroatoms. The molecule has 5 nitrogen and oxygen atoms in total. The highest BCUT2D eigenvalue weighted by Crippen LogP contribution is 2.25. The summed E-state index contributed by atoms with van der Waals surface area (Å²) in [4.78, 5) is 24.5. The molecule has 0 aromatic heterocycles. The van der Waals surface area contributed by atoms with Crippen LogP contribution in [-0.2, 0) is 0 Å². The SMILES string of the molecule is CCCCCNC(=O)Oc1ccc(Cl)cc1C(=O)Nc1cccc(Cl)c1. The van der Waals surface area contributed by atoms with Crippen molar-refractivity contribution < 1.29 is 14.3 Å². The first-order valence-electron chi connectivity index (χ1n) is 8.31. The van der Waals surface area contributed by atoms with Crippen LogP contribution in [0.15, 0.2) is 42.5 Å². The Kier molecular flexibility index (Phi) is 7.75. The summed E-state index contributed by atoms with van der Waals surface area (Å²) in [6.45, 7) is 2.60. The van der Waals surface area contributed by atoms with Gasteiger partial charge >= 0.3 is 6.09 Å². The average Bonchev–Trinajstić information content (AvgIpc) is 2.60. The highest BCUT2D eigenvalue weighted by atomic mass is 35.5. The van der Waals surface area contributed by atoms with Gasteiger partial charge in [0.2, 0.25) is 0 Å². The summed E-state index contributed by atoms with van der Waals surface area (Å²) in [5.74, 6) is -0.328. The lowest BCUT2D eigenvalue weighted by atomic mass is 10.2. The molecule has 0 aliphatic carbocycles. The number of halogens is 2. The zero-order valence-corrected chi connectivity index (χ0v) is 15.9. The second-order valence-corrected chi connectivity index (χ2v) is 6.50. The van der Waals surface area contributed by atoms with Gasteiger partial charge in [0.1, 0.15) is 5.75 Å². The van der Waals surface area contributed by atoms with Crippen molar-refractivity contribution in [3.8, 4) is 5.75 Å². The highest BCUT2D eigenvalue weighted by Gasteiger charge is 2.16. The number of anilines is 1. The molecule has 0 unspecified atom stereocenters. The van der Waals surface area contributed by atoms with Crippen molar-refractivity contribution >= 4 is 40.9 Å². The van der Waals surface area contributed by atoms with Crippen molar-refractivity contribution in [3.05, 3.63) is 58.1 Å². The summed E-state index contributed by atoms with van der Waals surface area (Å²) in [5, 5.41) is 6.22. The van der Waals surface area contributed by atoms with E-state index >= 15 is 0 Å². The summed E-state index contributed by atoms with van der Waals surface area (Å²) in [7, 11) is 0. The minimum atomic E-state index is -0.611. The molecule has 2 rings (SSSR count). The van der Waals surface area contributed by atoms with E-state index in [4.69, 9.17) is 27.9 Å². The van der Waals surface area contributed by atoms with Crippen LogP contribution in [0.1, 0.15) is 36.5 Å². The number of carbonyl (C=O) groups is 2. The molecular formula is C19H20Cl2N2O3. The second kappa shape index (κ2) is 10.0. The van der Waals surface area contributed by atoms with E-state index in [9.17, 15) is 9.59 Å². The normalized spacial score (nSPS) is 10.3. The molecule has 0 aliphatic heterocycles. The molecule has 0 heterocycles. The number of nitrogens with one attached hydrogen (secondary N) is 2. The molecule has 2 amide bonds. The minimum Gasteiger partial charge on any atom is -0.409 e. The van der Waals surface area contributed by atoms with Crippen LogP contribution >= 0.6 is 23.2 Å². The van der Waals surface area contributed by atoms with Crippen molar-refractivity contribution in [2.24, 2.45) is 0 Å². The Bertz CT molecular complexity index is 781. The van der Waals surface area contributed by atoms with Gasteiger partial charge in [-0.25, -0.2) is 4.79 Å². The zero-order valence-electron chi connectivity index (χ0n) is 14.4. The molecule has 0 radical (unpaired) electrons. The van der Waals surface area contributed by atoms with E-state index in [0.717, 1.165) is 19.3 Å². The summed E-state index contributed by atoms with van der Waals surface area (Å²) >= 11 is 11.9. The minimum absolute atomic E-state index is 0.127. The first kappa shape index (κ1) is 20.1. The van der Waals surface area contributed by atoms with E-state index in [1.807, 2.05) is 0 Å². The van der Waals surface area contributed by atoms with Gasteiger partial charge in [-0.15, -0.1) is 0 Å². The smallest absolute Gasteiger partial charge is 0.409 e. The van der Waals surface area contributed by atoms with Gasteiger partial charge in [0.05, 0.1) is 5.56 Å². The number of unbranched alkanes of at least 4 members (excludes halogenated alkanes) is 2. The number of ether oxygens (including phenoxy) is 1. The van der Waals surface area contributed by atoms with Gasteiger partial charge in [-0.3, -0.25) is 4.79 Å². The Morgan fingerprint density at radius 3 is 2.54 bits per heavy atom. The van der Waals surface area contributed by atoms with Gasteiger partial charge in [0.15, 0.2) is 0 Å². The summed E-state index contributed by atoms with van der Waals surface area (Å²) in [5.41, 5.74) is 0.679. The number of rotatable bonds is 7.